The van der Waals surface area contributed by atoms with Crippen molar-refractivity contribution in [2.24, 2.45) is 0 Å². The zero-order valence-corrected chi connectivity index (χ0v) is 10.3. The van der Waals surface area contributed by atoms with Gasteiger partial charge in [0.15, 0.2) is 0 Å². The summed E-state index contributed by atoms with van der Waals surface area (Å²) < 4.78 is 0.853. The van der Waals surface area contributed by atoms with E-state index in [9.17, 15) is 0 Å². The van der Waals surface area contributed by atoms with Gasteiger partial charge in [0.1, 0.15) is 6.07 Å². The van der Waals surface area contributed by atoms with Crippen molar-refractivity contribution >= 4 is 27.3 Å². The van der Waals surface area contributed by atoms with Crippen LogP contribution in [0.15, 0.2) is 16.6 Å². The molecule has 0 amide bonds. The molecule has 0 spiro atoms. The van der Waals surface area contributed by atoms with Crippen LogP contribution in [0.1, 0.15) is 12.5 Å². The molecule has 15 heavy (non-hydrogen) atoms. The summed E-state index contributed by atoms with van der Waals surface area (Å²) in [6, 6.07) is 6.52. The number of rotatable bonds is 0. The van der Waals surface area contributed by atoms with E-state index in [0.29, 0.717) is 11.6 Å². The van der Waals surface area contributed by atoms with Crippen LogP contribution >= 0.6 is 15.9 Å². The van der Waals surface area contributed by atoms with E-state index in [4.69, 9.17) is 5.26 Å². The van der Waals surface area contributed by atoms with E-state index in [0.717, 1.165) is 22.4 Å². The van der Waals surface area contributed by atoms with Crippen molar-refractivity contribution in [3.8, 4) is 6.07 Å². The molecule has 0 bridgehead atoms. The molecule has 3 nitrogen and oxygen atoms in total. The Balaban J connectivity index is 2.53. The van der Waals surface area contributed by atoms with Crippen LogP contribution in [0.5, 0.6) is 0 Å². The van der Waals surface area contributed by atoms with E-state index < -0.39 is 0 Å². The highest BCUT2D eigenvalue weighted by molar-refractivity contribution is 9.10. The maximum atomic E-state index is 8.92. The van der Waals surface area contributed by atoms with Crippen LogP contribution in [-0.2, 0) is 0 Å². The van der Waals surface area contributed by atoms with Gasteiger partial charge in [-0.3, -0.25) is 0 Å². The lowest BCUT2D eigenvalue weighted by atomic mass is 10.1. The molecular weight excluding hydrogens is 254 g/mol. The molecule has 1 heterocycles. The van der Waals surface area contributed by atoms with Gasteiger partial charge in [-0.05, 0) is 35.0 Å². The van der Waals surface area contributed by atoms with Gasteiger partial charge in [-0.2, -0.15) is 5.26 Å². The Morgan fingerprint density at radius 2 is 2.33 bits per heavy atom. The van der Waals surface area contributed by atoms with Crippen molar-refractivity contribution in [3.63, 3.8) is 0 Å². The van der Waals surface area contributed by atoms with Gasteiger partial charge in [0, 0.05) is 24.1 Å². The molecule has 1 aliphatic rings. The first kappa shape index (κ1) is 10.3. The Morgan fingerprint density at radius 3 is 3.00 bits per heavy atom. The molecule has 1 aromatic carbocycles. The lowest BCUT2D eigenvalue weighted by molar-refractivity contribution is 0.699. The van der Waals surface area contributed by atoms with E-state index in [2.05, 4.69) is 46.2 Å². The maximum absolute atomic E-state index is 8.92. The standard InChI is InChI=1S/C11H12BrN3/c1-7-6-14-10-3-8(5-13)9(12)4-11(10)15(7)2/h3-4,7,14H,6H2,1-2H3. The minimum atomic E-state index is 0.470. The van der Waals surface area contributed by atoms with Crippen LogP contribution in [0.2, 0.25) is 0 Å². The zero-order valence-electron chi connectivity index (χ0n) is 8.71. The van der Waals surface area contributed by atoms with Gasteiger partial charge < -0.3 is 10.2 Å². The maximum Gasteiger partial charge on any atom is 0.100 e. The number of hydrogen-bond acceptors (Lipinski definition) is 3. The summed E-state index contributed by atoms with van der Waals surface area (Å²) in [7, 11) is 2.07. The third kappa shape index (κ3) is 1.68. The lowest BCUT2D eigenvalue weighted by Crippen LogP contribution is -2.39. The van der Waals surface area contributed by atoms with E-state index in [1.807, 2.05) is 12.1 Å². The third-order valence-electron chi connectivity index (χ3n) is 2.83. The number of likely N-dealkylation sites (N-methyl/N-ethyl adjacent to an activating group) is 1. The van der Waals surface area contributed by atoms with Crippen LogP contribution in [0.25, 0.3) is 0 Å². The Kier molecular flexibility index (Phi) is 2.57. The van der Waals surface area contributed by atoms with Crippen molar-refractivity contribution in [2.75, 3.05) is 23.8 Å². The Morgan fingerprint density at radius 1 is 1.60 bits per heavy atom. The fraction of sp³-hybridized carbons (Fsp3) is 0.364. The zero-order chi connectivity index (χ0) is 11.0. The first-order valence-corrected chi connectivity index (χ1v) is 5.63. The highest BCUT2D eigenvalue weighted by Gasteiger charge is 2.20. The number of fused-ring (bicyclic) bond motifs is 1. The second-order valence-electron chi connectivity index (χ2n) is 3.80. The number of nitrogens with one attached hydrogen (secondary N) is 1. The van der Waals surface area contributed by atoms with Gasteiger partial charge in [-0.15, -0.1) is 0 Å². The number of halogens is 1. The van der Waals surface area contributed by atoms with Crippen molar-refractivity contribution in [1.29, 1.82) is 5.26 Å². The summed E-state index contributed by atoms with van der Waals surface area (Å²) in [5.41, 5.74) is 2.85. The Hall–Kier alpha value is -1.21. The molecule has 1 N–H and O–H groups in total. The van der Waals surface area contributed by atoms with Crippen LogP contribution in [0.3, 0.4) is 0 Å². The molecule has 78 valence electrons. The lowest BCUT2D eigenvalue weighted by Gasteiger charge is -2.34. The van der Waals surface area contributed by atoms with Crippen LogP contribution in [-0.4, -0.2) is 19.6 Å². The summed E-state index contributed by atoms with van der Waals surface area (Å²) in [5, 5.41) is 12.2. The second-order valence-corrected chi connectivity index (χ2v) is 4.66. The predicted octanol–water partition coefficient (Wildman–Crippen LogP) is 2.57. The third-order valence-corrected chi connectivity index (χ3v) is 3.49. The molecule has 4 heteroatoms. The van der Waals surface area contributed by atoms with E-state index >= 15 is 0 Å². The highest BCUT2D eigenvalue weighted by atomic mass is 79.9. The molecule has 1 aromatic rings. The average Bonchev–Trinajstić information content (AvgIpc) is 2.24. The van der Waals surface area contributed by atoms with E-state index in [1.165, 1.54) is 0 Å². The van der Waals surface area contributed by atoms with Gasteiger partial charge in [-0.25, -0.2) is 0 Å². The van der Waals surface area contributed by atoms with Gasteiger partial charge in [0.2, 0.25) is 0 Å². The van der Waals surface area contributed by atoms with Crippen molar-refractivity contribution in [1.82, 2.24) is 0 Å². The van der Waals surface area contributed by atoms with Crippen LogP contribution in [0, 0.1) is 11.3 Å². The summed E-state index contributed by atoms with van der Waals surface area (Å²) >= 11 is 3.41. The van der Waals surface area contributed by atoms with Crippen molar-refractivity contribution in [2.45, 2.75) is 13.0 Å². The van der Waals surface area contributed by atoms with Crippen molar-refractivity contribution < 1.29 is 0 Å². The molecule has 0 saturated heterocycles. The smallest absolute Gasteiger partial charge is 0.100 e. The van der Waals surface area contributed by atoms with Gasteiger partial charge in [-0.1, -0.05) is 0 Å². The van der Waals surface area contributed by atoms with Crippen molar-refractivity contribution in [3.05, 3.63) is 22.2 Å². The molecule has 1 unspecified atom stereocenters. The average molecular weight is 266 g/mol. The molecular formula is C11H12BrN3. The molecule has 0 fully saturated rings. The largest absolute Gasteiger partial charge is 0.381 e. The number of anilines is 2. The Bertz CT molecular complexity index is 436. The Labute approximate surface area is 97.8 Å². The van der Waals surface area contributed by atoms with Gasteiger partial charge in [0.25, 0.3) is 0 Å². The minimum Gasteiger partial charge on any atom is -0.381 e. The molecule has 0 radical (unpaired) electrons. The quantitative estimate of drug-likeness (QED) is 0.784. The SMILES string of the molecule is CC1CNc2cc(C#N)c(Br)cc2N1C. The summed E-state index contributed by atoms with van der Waals surface area (Å²) in [6.07, 6.45) is 0. The topological polar surface area (TPSA) is 39.1 Å². The molecule has 0 aromatic heterocycles. The molecule has 1 atom stereocenters. The predicted molar refractivity (Wildman–Crippen MR) is 65.2 cm³/mol. The summed E-state index contributed by atoms with van der Waals surface area (Å²) in [5.74, 6) is 0. The highest BCUT2D eigenvalue weighted by Crippen LogP contribution is 2.35. The number of nitrogens with zero attached hydrogens (tertiary/aromatic N) is 2. The van der Waals surface area contributed by atoms with Gasteiger partial charge >= 0.3 is 0 Å². The van der Waals surface area contributed by atoms with E-state index in [1.54, 1.807) is 0 Å². The fourth-order valence-electron chi connectivity index (χ4n) is 1.71. The van der Waals surface area contributed by atoms with E-state index in [-0.39, 0.29) is 0 Å². The molecule has 0 aliphatic carbocycles. The van der Waals surface area contributed by atoms with Gasteiger partial charge in [0.05, 0.1) is 16.9 Å². The summed E-state index contributed by atoms with van der Waals surface area (Å²) in [6.45, 7) is 3.08. The first-order chi connectivity index (χ1) is 7.13. The number of hydrogen-bond donors (Lipinski definition) is 1. The van der Waals surface area contributed by atoms with Crippen LogP contribution < -0.4 is 10.2 Å². The molecule has 0 saturated carbocycles. The second kappa shape index (κ2) is 3.74. The number of benzene rings is 1. The monoisotopic (exact) mass is 265 g/mol. The number of nitriles is 1. The van der Waals surface area contributed by atoms with Crippen LogP contribution in [0.4, 0.5) is 11.4 Å². The first-order valence-electron chi connectivity index (χ1n) is 4.84. The summed E-state index contributed by atoms with van der Waals surface area (Å²) in [4.78, 5) is 2.22. The fourth-order valence-corrected chi connectivity index (χ4v) is 2.13. The minimum absolute atomic E-state index is 0.470. The molecule has 2 rings (SSSR count). The molecule has 1 aliphatic heterocycles. The normalized spacial score (nSPS) is 19.1.